The molecule has 0 unspecified atom stereocenters. The summed E-state index contributed by atoms with van der Waals surface area (Å²) < 4.78 is 5.69. The minimum absolute atomic E-state index is 0.379. The van der Waals surface area contributed by atoms with E-state index in [1.54, 1.807) is 12.3 Å². The summed E-state index contributed by atoms with van der Waals surface area (Å²) in [5.74, 6) is 1.55. The molecule has 1 saturated heterocycles. The molecular weight excluding hydrogens is 349 g/mol. The standard InChI is InChI=1S/C16H25Cl2N5O/c1-3-24-13-4-8-23(9-5-13)16(19-2)21-7-6-20-15-14(18)10-12(17)11-22-15/h10-11,13H,3-9H2,1-2H3,(H,19,21)(H,20,22). The van der Waals surface area contributed by atoms with Crippen LogP contribution in [0.4, 0.5) is 5.82 Å². The fourth-order valence-corrected chi connectivity index (χ4v) is 3.15. The van der Waals surface area contributed by atoms with Crippen molar-refractivity contribution in [2.45, 2.75) is 25.9 Å². The Labute approximate surface area is 153 Å². The molecule has 1 aromatic rings. The highest BCUT2D eigenvalue weighted by molar-refractivity contribution is 6.35. The van der Waals surface area contributed by atoms with E-state index in [9.17, 15) is 0 Å². The molecule has 24 heavy (non-hydrogen) atoms. The van der Waals surface area contributed by atoms with Gasteiger partial charge in [-0.15, -0.1) is 0 Å². The third-order valence-electron chi connectivity index (χ3n) is 3.86. The fraction of sp³-hybridized carbons (Fsp3) is 0.625. The molecule has 134 valence electrons. The van der Waals surface area contributed by atoms with Crippen molar-refractivity contribution in [3.8, 4) is 0 Å². The molecule has 1 aliphatic heterocycles. The molecule has 2 heterocycles. The van der Waals surface area contributed by atoms with E-state index >= 15 is 0 Å². The smallest absolute Gasteiger partial charge is 0.193 e. The minimum atomic E-state index is 0.379. The third kappa shape index (κ3) is 5.69. The maximum absolute atomic E-state index is 6.09. The SMILES string of the molecule is CCOC1CCN(C(=NC)NCCNc2ncc(Cl)cc2Cl)CC1. The van der Waals surface area contributed by atoms with E-state index < -0.39 is 0 Å². The van der Waals surface area contributed by atoms with Gasteiger partial charge >= 0.3 is 0 Å². The van der Waals surface area contributed by atoms with E-state index in [-0.39, 0.29) is 0 Å². The Bertz CT molecular complexity index is 547. The molecule has 0 spiro atoms. The van der Waals surface area contributed by atoms with E-state index in [0.717, 1.165) is 45.0 Å². The first-order chi connectivity index (χ1) is 11.6. The average molecular weight is 374 g/mol. The predicted octanol–water partition coefficient (Wildman–Crippen LogP) is 2.88. The lowest BCUT2D eigenvalue weighted by atomic mass is 10.1. The number of ether oxygens (including phenoxy) is 1. The predicted molar refractivity (Wildman–Crippen MR) is 100 cm³/mol. The highest BCUT2D eigenvalue weighted by Crippen LogP contribution is 2.22. The van der Waals surface area contributed by atoms with Crippen LogP contribution in [0.15, 0.2) is 17.3 Å². The van der Waals surface area contributed by atoms with Crippen LogP contribution in [0, 0.1) is 0 Å². The van der Waals surface area contributed by atoms with Crippen LogP contribution in [0.1, 0.15) is 19.8 Å². The van der Waals surface area contributed by atoms with Crippen LogP contribution in [-0.2, 0) is 4.74 Å². The second kappa shape index (κ2) is 9.91. The number of nitrogens with zero attached hydrogens (tertiary/aromatic N) is 3. The van der Waals surface area contributed by atoms with E-state index in [1.165, 1.54) is 0 Å². The highest BCUT2D eigenvalue weighted by atomic mass is 35.5. The van der Waals surface area contributed by atoms with Gasteiger partial charge in [0.05, 0.1) is 16.1 Å². The molecule has 1 fully saturated rings. The summed E-state index contributed by atoms with van der Waals surface area (Å²) in [5, 5.41) is 7.60. The first-order valence-corrected chi connectivity index (χ1v) is 9.01. The molecule has 1 aromatic heterocycles. The van der Waals surface area contributed by atoms with Gasteiger partial charge in [0, 0.05) is 46.0 Å². The number of guanidine groups is 1. The number of piperidine rings is 1. The van der Waals surface area contributed by atoms with E-state index in [4.69, 9.17) is 27.9 Å². The number of aromatic nitrogens is 1. The largest absolute Gasteiger partial charge is 0.378 e. The van der Waals surface area contributed by atoms with Gasteiger partial charge in [-0.1, -0.05) is 23.2 Å². The summed E-state index contributed by atoms with van der Waals surface area (Å²) in [6, 6.07) is 1.67. The molecule has 8 heteroatoms. The lowest BCUT2D eigenvalue weighted by Gasteiger charge is -2.34. The quantitative estimate of drug-likeness (QED) is 0.456. The Morgan fingerprint density at radius 3 is 2.75 bits per heavy atom. The zero-order valence-corrected chi connectivity index (χ0v) is 15.7. The van der Waals surface area contributed by atoms with Crippen molar-refractivity contribution in [1.82, 2.24) is 15.2 Å². The number of likely N-dealkylation sites (tertiary alicyclic amines) is 1. The van der Waals surface area contributed by atoms with Crippen LogP contribution in [-0.4, -0.2) is 61.8 Å². The van der Waals surface area contributed by atoms with Gasteiger partial charge in [0.15, 0.2) is 5.96 Å². The first kappa shape index (κ1) is 19.1. The van der Waals surface area contributed by atoms with E-state index in [1.807, 2.05) is 14.0 Å². The van der Waals surface area contributed by atoms with Gasteiger partial charge in [-0.05, 0) is 25.8 Å². The molecule has 0 atom stereocenters. The number of nitrogens with one attached hydrogen (secondary N) is 2. The molecule has 2 rings (SSSR count). The molecule has 2 N–H and O–H groups in total. The molecule has 0 amide bonds. The number of aliphatic imine (C=N–C) groups is 1. The van der Waals surface area contributed by atoms with Crippen LogP contribution < -0.4 is 10.6 Å². The Morgan fingerprint density at radius 2 is 2.12 bits per heavy atom. The van der Waals surface area contributed by atoms with Crippen molar-refractivity contribution in [2.75, 3.05) is 45.2 Å². The normalized spacial score (nSPS) is 16.3. The lowest BCUT2D eigenvalue weighted by molar-refractivity contribution is 0.0264. The van der Waals surface area contributed by atoms with Gasteiger partial charge in [-0.25, -0.2) is 4.98 Å². The second-order valence-corrected chi connectivity index (χ2v) is 6.37. The molecule has 1 aliphatic rings. The third-order valence-corrected chi connectivity index (χ3v) is 4.36. The van der Waals surface area contributed by atoms with Crippen LogP contribution in [0.25, 0.3) is 0 Å². The topological polar surface area (TPSA) is 61.8 Å². The number of pyridine rings is 1. The van der Waals surface area contributed by atoms with Crippen molar-refractivity contribution in [3.05, 3.63) is 22.3 Å². The van der Waals surface area contributed by atoms with Crippen LogP contribution >= 0.6 is 23.2 Å². The highest BCUT2D eigenvalue weighted by Gasteiger charge is 2.21. The number of rotatable bonds is 6. The van der Waals surface area contributed by atoms with Crippen molar-refractivity contribution in [3.63, 3.8) is 0 Å². The summed E-state index contributed by atoms with van der Waals surface area (Å²) >= 11 is 11.9. The Morgan fingerprint density at radius 1 is 1.38 bits per heavy atom. The van der Waals surface area contributed by atoms with Gasteiger partial charge in [0.2, 0.25) is 0 Å². The van der Waals surface area contributed by atoms with Crippen molar-refractivity contribution >= 4 is 35.0 Å². The first-order valence-electron chi connectivity index (χ1n) is 8.26. The monoisotopic (exact) mass is 373 g/mol. The zero-order chi connectivity index (χ0) is 17.4. The maximum atomic E-state index is 6.09. The number of halogens is 2. The number of hydrogen-bond donors (Lipinski definition) is 2. The molecule has 0 bridgehead atoms. The van der Waals surface area contributed by atoms with Crippen molar-refractivity contribution in [2.24, 2.45) is 4.99 Å². The summed E-state index contributed by atoms with van der Waals surface area (Å²) in [6.07, 6.45) is 4.03. The lowest BCUT2D eigenvalue weighted by Crippen LogP contribution is -2.47. The number of hydrogen-bond acceptors (Lipinski definition) is 4. The molecular formula is C16H25Cl2N5O. The van der Waals surface area contributed by atoms with Crippen molar-refractivity contribution in [1.29, 1.82) is 0 Å². The fourth-order valence-electron chi connectivity index (χ4n) is 2.70. The zero-order valence-electron chi connectivity index (χ0n) is 14.2. The van der Waals surface area contributed by atoms with Gasteiger partial charge < -0.3 is 20.3 Å². The van der Waals surface area contributed by atoms with Gasteiger partial charge in [-0.3, -0.25) is 4.99 Å². The Kier molecular flexibility index (Phi) is 7.88. The molecule has 6 nitrogen and oxygen atoms in total. The summed E-state index contributed by atoms with van der Waals surface area (Å²) in [5.41, 5.74) is 0. The Balaban J connectivity index is 1.72. The van der Waals surface area contributed by atoms with Crippen LogP contribution in [0.3, 0.4) is 0 Å². The van der Waals surface area contributed by atoms with Gasteiger partial charge in [0.1, 0.15) is 5.82 Å². The van der Waals surface area contributed by atoms with Gasteiger partial charge in [-0.2, -0.15) is 0 Å². The molecule has 0 saturated carbocycles. The maximum Gasteiger partial charge on any atom is 0.193 e. The van der Waals surface area contributed by atoms with Gasteiger partial charge in [0.25, 0.3) is 0 Å². The average Bonchev–Trinajstić information content (AvgIpc) is 2.58. The summed E-state index contributed by atoms with van der Waals surface area (Å²) in [6.45, 7) is 6.15. The summed E-state index contributed by atoms with van der Waals surface area (Å²) in [4.78, 5) is 10.8. The minimum Gasteiger partial charge on any atom is -0.378 e. The van der Waals surface area contributed by atoms with Crippen LogP contribution in [0.2, 0.25) is 10.0 Å². The summed E-state index contributed by atoms with van der Waals surface area (Å²) in [7, 11) is 1.81. The number of anilines is 1. The molecule has 0 aromatic carbocycles. The van der Waals surface area contributed by atoms with Crippen molar-refractivity contribution < 1.29 is 4.74 Å². The molecule has 0 radical (unpaired) electrons. The molecule has 0 aliphatic carbocycles. The van der Waals surface area contributed by atoms with E-state index in [0.29, 0.717) is 28.5 Å². The second-order valence-electron chi connectivity index (χ2n) is 5.53. The van der Waals surface area contributed by atoms with E-state index in [2.05, 4.69) is 25.5 Å². The van der Waals surface area contributed by atoms with Crippen LogP contribution in [0.5, 0.6) is 0 Å². The Hall–Kier alpha value is -1.24.